The summed E-state index contributed by atoms with van der Waals surface area (Å²) < 4.78 is 36.8. The average Bonchev–Trinajstić information content (AvgIpc) is 2.82. The molecule has 2 amide bonds. The van der Waals surface area contributed by atoms with Crippen LogP contribution >= 0.6 is 0 Å². The lowest BCUT2D eigenvalue weighted by atomic mass is 10.1. The van der Waals surface area contributed by atoms with Crippen molar-refractivity contribution in [3.05, 3.63) is 0 Å². The van der Waals surface area contributed by atoms with Gasteiger partial charge in [0.15, 0.2) is 0 Å². The quantitative estimate of drug-likeness (QED) is 0.782. The van der Waals surface area contributed by atoms with Crippen molar-refractivity contribution in [2.24, 2.45) is 11.0 Å². The minimum atomic E-state index is -4.19. The molecule has 6 nitrogen and oxygen atoms in total. The van der Waals surface area contributed by atoms with Gasteiger partial charge in [-0.25, -0.2) is 5.43 Å². The molecule has 2 rings (SSSR count). The van der Waals surface area contributed by atoms with Crippen LogP contribution in [0.1, 0.15) is 19.3 Å². The number of nitrogens with zero attached hydrogens (tertiary/aromatic N) is 2. The third-order valence-electron chi connectivity index (χ3n) is 3.49. The van der Waals surface area contributed by atoms with Gasteiger partial charge < -0.3 is 5.32 Å². The van der Waals surface area contributed by atoms with E-state index in [4.69, 9.17) is 0 Å². The van der Waals surface area contributed by atoms with E-state index in [9.17, 15) is 22.8 Å². The maximum atomic E-state index is 12.3. The predicted octanol–water partition coefficient (Wildman–Crippen LogP) is 0.253. The fourth-order valence-corrected chi connectivity index (χ4v) is 2.45. The second-order valence-electron chi connectivity index (χ2n) is 5.31. The molecule has 0 aromatic carbocycles. The molecule has 1 fully saturated rings. The smallest absolute Gasteiger partial charge is 0.351 e. The van der Waals surface area contributed by atoms with E-state index >= 15 is 0 Å². The van der Waals surface area contributed by atoms with Gasteiger partial charge >= 0.3 is 6.18 Å². The van der Waals surface area contributed by atoms with Crippen LogP contribution in [-0.4, -0.2) is 54.8 Å². The zero-order chi connectivity index (χ0) is 15.5. The Labute approximate surface area is 119 Å². The molecule has 1 atom stereocenters. The zero-order valence-corrected chi connectivity index (χ0v) is 11.4. The molecule has 0 bridgehead atoms. The Morgan fingerprint density at radius 3 is 2.81 bits per heavy atom. The molecule has 2 N–H and O–H groups in total. The molecule has 0 aromatic rings. The molecular weight excluding hydrogens is 289 g/mol. The van der Waals surface area contributed by atoms with Gasteiger partial charge in [0, 0.05) is 25.9 Å². The lowest BCUT2D eigenvalue weighted by molar-refractivity contribution is -0.143. The van der Waals surface area contributed by atoms with Crippen molar-refractivity contribution in [3.63, 3.8) is 0 Å². The predicted molar refractivity (Wildman–Crippen MR) is 68.4 cm³/mol. The number of likely N-dealkylation sites (tertiary alicyclic amines) is 1. The van der Waals surface area contributed by atoms with Crippen molar-refractivity contribution in [1.82, 2.24) is 15.6 Å². The Kier molecular flexibility index (Phi) is 4.81. The molecule has 2 aliphatic heterocycles. The van der Waals surface area contributed by atoms with Gasteiger partial charge in [-0.15, -0.1) is 0 Å². The number of hydrazone groups is 1. The van der Waals surface area contributed by atoms with Crippen LogP contribution in [0.3, 0.4) is 0 Å². The normalized spacial score (nSPS) is 23.7. The Bertz CT molecular complexity index is 450. The molecule has 21 heavy (non-hydrogen) atoms. The van der Waals surface area contributed by atoms with Crippen LogP contribution in [-0.2, 0) is 9.59 Å². The fourth-order valence-electron chi connectivity index (χ4n) is 2.45. The molecule has 0 aliphatic carbocycles. The van der Waals surface area contributed by atoms with Gasteiger partial charge in [-0.05, 0) is 18.9 Å². The molecule has 0 spiro atoms. The van der Waals surface area contributed by atoms with Gasteiger partial charge in [-0.3, -0.25) is 14.5 Å². The Morgan fingerprint density at radius 2 is 2.19 bits per heavy atom. The number of nitrogens with one attached hydrogen (secondary N) is 2. The first-order valence-electron chi connectivity index (χ1n) is 6.76. The first-order valence-corrected chi connectivity index (χ1v) is 6.76. The number of amides is 2. The number of carbonyl (C=O) groups is 2. The third-order valence-corrected chi connectivity index (χ3v) is 3.49. The van der Waals surface area contributed by atoms with Crippen molar-refractivity contribution in [1.29, 1.82) is 0 Å². The maximum Gasteiger partial charge on any atom is 0.401 e. The van der Waals surface area contributed by atoms with Crippen LogP contribution in [0.5, 0.6) is 0 Å². The van der Waals surface area contributed by atoms with Crippen LogP contribution in [0.2, 0.25) is 0 Å². The number of alkyl halides is 3. The molecule has 2 aliphatic rings. The van der Waals surface area contributed by atoms with Gasteiger partial charge in [0.1, 0.15) is 5.71 Å². The van der Waals surface area contributed by atoms with Crippen molar-refractivity contribution >= 4 is 17.5 Å². The standard InChI is InChI=1S/C12H17F3N4O2/c13-12(14,15)7-19-4-3-8(6-19)5-16-11(21)9-1-2-10(20)18-17-9/h8H,1-7H2,(H,16,21)(H,18,20). The van der Waals surface area contributed by atoms with Gasteiger partial charge in [-0.2, -0.15) is 18.3 Å². The highest BCUT2D eigenvalue weighted by Gasteiger charge is 2.34. The summed E-state index contributed by atoms with van der Waals surface area (Å²) in [5.74, 6) is -0.593. The lowest BCUT2D eigenvalue weighted by Crippen LogP contribution is -2.39. The van der Waals surface area contributed by atoms with Crippen molar-refractivity contribution in [3.8, 4) is 0 Å². The monoisotopic (exact) mass is 306 g/mol. The summed E-state index contributed by atoms with van der Waals surface area (Å²) in [5, 5.41) is 6.33. The second kappa shape index (κ2) is 6.42. The Balaban J connectivity index is 1.72. The van der Waals surface area contributed by atoms with E-state index in [0.717, 1.165) is 0 Å². The molecule has 0 aromatic heterocycles. The van der Waals surface area contributed by atoms with E-state index < -0.39 is 12.7 Å². The van der Waals surface area contributed by atoms with E-state index in [1.165, 1.54) is 4.90 Å². The summed E-state index contributed by atoms with van der Waals surface area (Å²) in [6.45, 7) is 0.121. The molecule has 0 radical (unpaired) electrons. The molecular formula is C12H17F3N4O2. The number of carbonyl (C=O) groups excluding carboxylic acids is 2. The van der Waals surface area contributed by atoms with E-state index in [0.29, 0.717) is 26.1 Å². The van der Waals surface area contributed by atoms with E-state index in [1.807, 2.05) is 0 Å². The summed E-state index contributed by atoms with van der Waals surface area (Å²) in [4.78, 5) is 24.0. The van der Waals surface area contributed by atoms with Crippen molar-refractivity contribution in [2.75, 3.05) is 26.2 Å². The second-order valence-corrected chi connectivity index (χ2v) is 5.31. The minimum absolute atomic E-state index is 0.00933. The van der Waals surface area contributed by atoms with Crippen LogP contribution < -0.4 is 10.7 Å². The number of hydrogen-bond donors (Lipinski definition) is 2. The summed E-state index contributed by atoms with van der Waals surface area (Å²) in [5.41, 5.74) is 2.48. The minimum Gasteiger partial charge on any atom is -0.351 e. The average molecular weight is 306 g/mol. The molecule has 1 unspecified atom stereocenters. The molecule has 1 saturated heterocycles. The van der Waals surface area contributed by atoms with Crippen LogP contribution in [0.25, 0.3) is 0 Å². The Morgan fingerprint density at radius 1 is 1.43 bits per heavy atom. The lowest BCUT2D eigenvalue weighted by Gasteiger charge is -2.18. The highest BCUT2D eigenvalue weighted by atomic mass is 19.4. The Hall–Kier alpha value is -1.64. The van der Waals surface area contributed by atoms with Gasteiger partial charge in [0.2, 0.25) is 5.91 Å². The van der Waals surface area contributed by atoms with Crippen molar-refractivity contribution in [2.45, 2.75) is 25.4 Å². The first-order chi connectivity index (χ1) is 9.83. The van der Waals surface area contributed by atoms with Gasteiger partial charge in [0.25, 0.3) is 5.91 Å². The summed E-state index contributed by atoms with van der Waals surface area (Å²) in [6.07, 6.45) is -3.07. The SMILES string of the molecule is O=C1CCC(C(=O)NCC2CCN(CC(F)(F)F)C2)=NN1. The third kappa shape index (κ3) is 5.00. The number of hydrogen-bond acceptors (Lipinski definition) is 4. The van der Waals surface area contributed by atoms with Gasteiger partial charge in [0.05, 0.1) is 6.54 Å². The zero-order valence-electron chi connectivity index (χ0n) is 11.4. The van der Waals surface area contributed by atoms with Crippen LogP contribution in [0.4, 0.5) is 13.2 Å². The first kappa shape index (κ1) is 15.7. The summed E-state index contributed by atoms with van der Waals surface area (Å²) >= 11 is 0. The largest absolute Gasteiger partial charge is 0.401 e. The maximum absolute atomic E-state index is 12.3. The van der Waals surface area contributed by atoms with Crippen LogP contribution in [0.15, 0.2) is 5.10 Å². The fraction of sp³-hybridized carbons (Fsp3) is 0.750. The topological polar surface area (TPSA) is 73.8 Å². The van der Waals surface area contributed by atoms with Crippen LogP contribution in [0, 0.1) is 5.92 Å². The molecule has 0 saturated carbocycles. The highest BCUT2D eigenvalue weighted by Crippen LogP contribution is 2.22. The van der Waals surface area contributed by atoms with E-state index in [2.05, 4.69) is 15.8 Å². The number of rotatable bonds is 4. The highest BCUT2D eigenvalue weighted by molar-refractivity contribution is 6.39. The van der Waals surface area contributed by atoms with Gasteiger partial charge in [-0.1, -0.05) is 0 Å². The molecule has 2 heterocycles. The van der Waals surface area contributed by atoms with E-state index in [1.54, 1.807) is 0 Å². The number of halogens is 3. The summed E-state index contributed by atoms with van der Waals surface area (Å²) in [7, 11) is 0. The molecule has 9 heteroatoms. The van der Waals surface area contributed by atoms with Crippen molar-refractivity contribution < 1.29 is 22.8 Å². The molecule has 118 valence electrons. The van der Waals surface area contributed by atoms with E-state index in [-0.39, 0.29) is 36.3 Å². The summed E-state index contributed by atoms with van der Waals surface area (Å²) in [6, 6.07) is 0.